The number of carbonyl (C=O) groups is 4. The average molecular weight is 551 g/mol. The zero-order valence-electron chi connectivity index (χ0n) is 21.4. The standard InChI is InChI=1S/C29H28F2N4O5/c30-21-12-10-20(11-13-21)24(18-26(37)38)33-27(39)28-34(25(36)14-9-19-5-2-1-3-6-19)15-16-35(28)29(40)32-23-8-4-7-22(31)17-23/h1-8,10-13,17,24,28H,9,14-16,18H2,(H,32,40)(H,33,39)(H,37,38). The minimum absolute atomic E-state index is 0.0104. The first-order valence-corrected chi connectivity index (χ1v) is 12.7. The maximum Gasteiger partial charge on any atom is 0.323 e. The summed E-state index contributed by atoms with van der Waals surface area (Å²) in [4.78, 5) is 54.1. The van der Waals surface area contributed by atoms with Crippen LogP contribution >= 0.6 is 0 Å². The van der Waals surface area contributed by atoms with Crippen molar-refractivity contribution in [3.8, 4) is 0 Å². The highest BCUT2D eigenvalue weighted by molar-refractivity contribution is 5.96. The number of carboxylic acids is 1. The molecule has 2 unspecified atom stereocenters. The molecule has 4 amide bonds. The van der Waals surface area contributed by atoms with E-state index in [0.29, 0.717) is 12.0 Å². The Bertz CT molecular complexity index is 1370. The van der Waals surface area contributed by atoms with Gasteiger partial charge in [-0.1, -0.05) is 48.5 Å². The second-order valence-corrected chi connectivity index (χ2v) is 9.29. The maximum atomic E-state index is 13.7. The van der Waals surface area contributed by atoms with Crippen LogP contribution in [-0.4, -0.2) is 58.0 Å². The number of nitrogens with one attached hydrogen (secondary N) is 2. The van der Waals surface area contributed by atoms with Crippen LogP contribution in [0.5, 0.6) is 0 Å². The number of hydrogen-bond donors (Lipinski definition) is 3. The first-order chi connectivity index (χ1) is 19.2. The number of nitrogens with zero attached hydrogens (tertiary/aromatic N) is 2. The molecular weight excluding hydrogens is 522 g/mol. The lowest BCUT2D eigenvalue weighted by Gasteiger charge is -2.31. The van der Waals surface area contributed by atoms with Crippen LogP contribution in [0.25, 0.3) is 0 Å². The van der Waals surface area contributed by atoms with Crippen molar-refractivity contribution in [3.05, 3.63) is 102 Å². The molecule has 11 heteroatoms. The van der Waals surface area contributed by atoms with Gasteiger partial charge in [0.15, 0.2) is 6.17 Å². The predicted molar refractivity (Wildman–Crippen MR) is 142 cm³/mol. The summed E-state index contributed by atoms with van der Waals surface area (Å²) < 4.78 is 27.2. The highest BCUT2D eigenvalue weighted by Gasteiger charge is 2.43. The van der Waals surface area contributed by atoms with Crippen molar-refractivity contribution in [2.75, 3.05) is 18.4 Å². The summed E-state index contributed by atoms with van der Waals surface area (Å²) in [6, 6.07) is 17.7. The molecule has 2 atom stereocenters. The van der Waals surface area contributed by atoms with Crippen LogP contribution in [0.15, 0.2) is 78.9 Å². The summed E-state index contributed by atoms with van der Waals surface area (Å²) in [5.41, 5.74) is 1.43. The number of hydrogen-bond acceptors (Lipinski definition) is 4. The third-order valence-electron chi connectivity index (χ3n) is 6.50. The molecule has 0 bridgehead atoms. The van der Waals surface area contributed by atoms with Crippen LogP contribution in [0, 0.1) is 11.6 Å². The first kappa shape index (κ1) is 28.2. The molecule has 0 aromatic heterocycles. The lowest BCUT2D eigenvalue weighted by Crippen LogP contribution is -2.55. The van der Waals surface area contributed by atoms with Gasteiger partial charge in [0.1, 0.15) is 11.6 Å². The molecule has 1 saturated heterocycles. The smallest absolute Gasteiger partial charge is 0.323 e. The monoisotopic (exact) mass is 550 g/mol. The summed E-state index contributed by atoms with van der Waals surface area (Å²) in [5, 5.41) is 14.6. The lowest BCUT2D eigenvalue weighted by molar-refractivity contribution is -0.142. The summed E-state index contributed by atoms with van der Waals surface area (Å²) in [6.45, 7) is 0.0683. The quantitative estimate of drug-likeness (QED) is 0.373. The molecule has 0 saturated carbocycles. The predicted octanol–water partition coefficient (Wildman–Crippen LogP) is 3.93. The van der Waals surface area contributed by atoms with Gasteiger partial charge in [0.25, 0.3) is 5.91 Å². The Morgan fingerprint density at radius 2 is 1.57 bits per heavy atom. The Morgan fingerprint density at radius 1 is 0.875 bits per heavy atom. The van der Waals surface area contributed by atoms with Gasteiger partial charge in [-0.05, 0) is 47.9 Å². The molecule has 3 aromatic carbocycles. The molecule has 9 nitrogen and oxygen atoms in total. The molecule has 4 rings (SSSR count). The van der Waals surface area contributed by atoms with E-state index in [9.17, 15) is 33.1 Å². The average Bonchev–Trinajstić information content (AvgIpc) is 3.38. The number of aliphatic carboxylic acids is 1. The highest BCUT2D eigenvalue weighted by Crippen LogP contribution is 2.23. The number of carbonyl (C=O) groups excluding carboxylic acids is 3. The zero-order valence-corrected chi connectivity index (χ0v) is 21.4. The van der Waals surface area contributed by atoms with Crippen molar-refractivity contribution in [2.45, 2.75) is 31.5 Å². The number of benzene rings is 3. The maximum absolute atomic E-state index is 13.7. The van der Waals surface area contributed by atoms with E-state index in [4.69, 9.17) is 0 Å². The third kappa shape index (κ3) is 7.19. The van der Waals surface area contributed by atoms with Crippen LogP contribution in [0.1, 0.15) is 30.0 Å². The van der Waals surface area contributed by atoms with Gasteiger partial charge in [-0.25, -0.2) is 13.6 Å². The Hall–Kier alpha value is -4.80. The zero-order chi connectivity index (χ0) is 28.6. The lowest BCUT2D eigenvalue weighted by atomic mass is 10.0. The van der Waals surface area contributed by atoms with Crippen LogP contribution in [-0.2, 0) is 20.8 Å². The molecule has 0 spiro atoms. The summed E-state index contributed by atoms with van der Waals surface area (Å²) in [6.07, 6.45) is -1.42. The first-order valence-electron chi connectivity index (χ1n) is 12.7. The molecular formula is C29H28F2N4O5. The van der Waals surface area contributed by atoms with Gasteiger partial charge in [0.05, 0.1) is 12.5 Å². The Kier molecular flexibility index (Phi) is 9.05. The van der Waals surface area contributed by atoms with Gasteiger partial charge in [0.2, 0.25) is 5.91 Å². The van der Waals surface area contributed by atoms with Gasteiger partial charge in [-0.2, -0.15) is 0 Å². The number of halogens is 2. The van der Waals surface area contributed by atoms with E-state index >= 15 is 0 Å². The van der Waals surface area contributed by atoms with Crippen molar-refractivity contribution in [1.29, 1.82) is 0 Å². The van der Waals surface area contributed by atoms with Gasteiger partial charge >= 0.3 is 12.0 Å². The third-order valence-corrected chi connectivity index (χ3v) is 6.50. The number of carboxylic acid groups (broad SMARTS) is 1. The Balaban J connectivity index is 1.57. The number of rotatable bonds is 9. The van der Waals surface area contributed by atoms with Gasteiger partial charge in [-0.15, -0.1) is 0 Å². The molecule has 1 aliphatic heterocycles. The molecule has 1 heterocycles. The van der Waals surface area contributed by atoms with E-state index in [1.54, 1.807) is 0 Å². The number of amides is 4. The van der Waals surface area contributed by atoms with Crippen molar-refractivity contribution in [2.24, 2.45) is 0 Å². The molecule has 1 fully saturated rings. The number of anilines is 1. The minimum atomic E-state index is -1.39. The van der Waals surface area contributed by atoms with E-state index in [0.717, 1.165) is 28.7 Å². The van der Waals surface area contributed by atoms with E-state index < -0.39 is 48.2 Å². The summed E-state index contributed by atoms with van der Waals surface area (Å²) in [7, 11) is 0. The Labute approximate surface area is 229 Å². The topological polar surface area (TPSA) is 119 Å². The van der Waals surface area contributed by atoms with E-state index in [1.165, 1.54) is 35.2 Å². The number of urea groups is 1. The van der Waals surface area contributed by atoms with Crippen LogP contribution < -0.4 is 10.6 Å². The fraction of sp³-hybridized carbons (Fsp3) is 0.241. The van der Waals surface area contributed by atoms with Crippen molar-refractivity contribution in [3.63, 3.8) is 0 Å². The Morgan fingerprint density at radius 3 is 2.25 bits per heavy atom. The molecule has 208 valence electrons. The normalized spacial score (nSPS) is 15.4. The van der Waals surface area contributed by atoms with Crippen molar-refractivity contribution in [1.82, 2.24) is 15.1 Å². The van der Waals surface area contributed by atoms with Gasteiger partial charge < -0.3 is 20.6 Å². The van der Waals surface area contributed by atoms with Crippen LogP contribution in [0.4, 0.5) is 19.3 Å². The molecule has 3 N–H and O–H groups in total. The van der Waals surface area contributed by atoms with Crippen LogP contribution in [0.2, 0.25) is 0 Å². The minimum Gasteiger partial charge on any atom is -0.481 e. The van der Waals surface area contributed by atoms with Gasteiger partial charge in [0, 0.05) is 25.2 Å². The fourth-order valence-electron chi connectivity index (χ4n) is 4.55. The van der Waals surface area contributed by atoms with Crippen molar-refractivity contribution >= 4 is 29.5 Å². The second-order valence-electron chi connectivity index (χ2n) is 9.29. The highest BCUT2D eigenvalue weighted by atomic mass is 19.1. The second kappa shape index (κ2) is 12.8. The van der Waals surface area contributed by atoms with Crippen molar-refractivity contribution < 1.29 is 33.1 Å². The van der Waals surface area contributed by atoms with Crippen LogP contribution in [0.3, 0.4) is 0 Å². The largest absolute Gasteiger partial charge is 0.481 e. The van der Waals surface area contributed by atoms with E-state index in [2.05, 4.69) is 10.6 Å². The van der Waals surface area contributed by atoms with E-state index in [-0.39, 0.29) is 31.1 Å². The molecule has 1 aliphatic rings. The number of aryl methyl sites for hydroxylation is 1. The SMILES string of the molecule is O=C(O)CC(NC(=O)C1N(C(=O)CCc2ccccc2)CCN1C(=O)Nc1cccc(F)c1)c1ccc(F)cc1. The summed E-state index contributed by atoms with van der Waals surface area (Å²) >= 11 is 0. The molecule has 0 aliphatic carbocycles. The van der Waals surface area contributed by atoms with E-state index in [1.807, 2.05) is 30.3 Å². The summed E-state index contributed by atoms with van der Waals surface area (Å²) in [5.74, 6) is -3.47. The molecule has 40 heavy (non-hydrogen) atoms. The van der Waals surface area contributed by atoms with Gasteiger partial charge in [-0.3, -0.25) is 19.3 Å². The fourth-order valence-corrected chi connectivity index (χ4v) is 4.55. The molecule has 3 aromatic rings. The molecule has 0 radical (unpaired) electrons.